The van der Waals surface area contributed by atoms with E-state index in [1.54, 1.807) is 0 Å². The van der Waals surface area contributed by atoms with Gasteiger partial charge in [0.05, 0.1) is 0 Å². The molecule has 0 atom stereocenters. The van der Waals surface area contributed by atoms with Crippen LogP contribution < -0.4 is 0 Å². The van der Waals surface area contributed by atoms with Crippen molar-refractivity contribution in [1.29, 1.82) is 0 Å². The first-order valence-corrected chi connectivity index (χ1v) is 8.95. The van der Waals surface area contributed by atoms with E-state index in [1.807, 2.05) is 0 Å². The van der Waals surface area contributed by atoms with Gasteiger partial charge in [-0.15, -0.1) is 0 Å². The molecule has 3 aromatic rings. The maximum Gasteiger partial charge on any atom is 0.466 e. The molecule has 124 valence electrons. The van der Waals surface area contributed by atoms with Crippen molar-refractivity contribution in [2.24, 2.45) is 0 Å². The van der Waals surface area contributed by atoms with Crippen LogP contribution in [0.4, 0.5) is 0 Å². The number of phosphoric acid groups is 1. The van der Waals surface area contributed by atoms with E-state index in [0.717, 1.165) is 0 Å². The van der Waals surface area contributed by atoms with Crippen molar-refractivity contribution < 1.29 is 19.2 Å². The fourth-order valence-electron chi connectivity index (χ4n) is 2.51. The minimum Gasteiger partial charge on any atom is -0.303 e. The van der Waals surface area contributed by atoms with Crippen molar-refractivity contribution in [1.82, 2.24) is 0 Å². The van der Waals surface area contributed by atoms with E-state index in [9.17, 15) is 0 Å². The normalized spacial score (nSPS) is 10.8. The van der Waals surface area contributed by atoms with Gasteiger partial charge in [-0.25, -0.2) is 4.57 Å². The van der Waals surface area contributed by atoms with Crippen molar-refractivity contribution in [3.63, 3.8) is 0 Å². The topological polar surface area (TPSA) is 77.8 Å². The van der Waals surface area contributed by atoms with Gasteiger partial charge in [-0.2, -0.15) is 0 Å². The molecule has 0 aliphatic rings. The summed E-state index contributed by atoms with van der Waals surface area (Å²) < 4.78 is 8.88. The first kappa shape index (κ1) is 18.1. The molecule has 0 aliphatic carbocycles. The third kappa shape index (κ3) is 6.11. The van der Waals surface area contributed by atoms with Crippen LogP contribution >= 0.6 is 7.82 Å². The summed E-state index contributed by atoms with van der Waals surface area (Å²) in [6, 6.07) is 32.0. The molecule has 5 heteroatoms. The first-order chi connectivity index (χ1) is 11.4. The average molecular weight is 342 g/mol. The Morgan fingerprint density at radius 3 is 0.958 bits per heavy atom. The van der Waals surface area contributed by atoms with Crippen LogP contribution in [0.2, 0.25) is 0 Å². The summed E-state index contributed by atoms with van der Waals surface area (Å²) in [5.41, 5.74) is 4.00. The quantitative estimate of drug-likeness (QED) is 0.498. The third-order valence-electron chi connectivity index (χ3n) is 3.40. The zero-order chi connectivity index (χ0) is 17.4. The first-order valence-electron chi connectivity index (χ1n) is 7.38. The maximum absolute atomic E-state index is 8.88. The molecule has 0 aromatic heterocycles. The second kappa shape index (κ2) is 8.57. The van der Waals surface area contributed by atoms with Crippen LogP contribution in [0.25, 0.3) is 0 Å². The highest BCUT2D eigenvalue weighted by atomic mass is 31.2. The molecule has 24 heavy (non-hydrogen) atoms. The Labute approximate surface area is 141 Å². The van der Waals surface area contributed by atoms with Gasteiger partial charge in [0, 0.05) is 5.92 Å². The van der Waals surface area contributed by atoms with Crippen LogP contribution in [0.15, 0.2) is 91.0 Å². The number of rotatable bonds is 3. The second-order valence-corrected chi connectivity index (χ2v) is 6.20. The van der Waals surface area contributed by atoms with Crippen molar-refractivity contribution in [3.05, 3.63) is 108 Å². The van der Waals surface area contributed by atoms with Crippen molar-refractivity contribution >= 4 is 7.82 Å². The average Bonchev–Trinajstić information content (AvgIpc) is 2.57. The van der Waals surface area contributed by atoms with Crippen molar-refractivity contribution in [2.75, 3.05) is 0 Å². The zero-order valence-electron chi connectivity index (χ0n) is 12.9. The van der Waals surface area contributed by atoms with Gasteiger partial charge in [0.1, 0.15) is 0 Å². The summed E-state index contributed by atoms with van der Waals surface area (Å²) in [4.78, 5) is 21.6. The Bertz CT molecular complexity index is 668. The standard InChI is InChI=1S/C19H16.H3O4P/c1-4-10-16(11-5-1)19(17-12-6-2-7-13-17)18-14-8-3-9-15-18;1-5(2,3)4/h1-15,19H;(H3,1,2,3,4). The molecule has 0 fully saturated rings. The Morgan fingerprint density at radius 1 is 0.542 bits per heavy atom. The lowest BCUT2D eigenvalue weighted by molar-refractivity contribution is 0.275. The smallest absolute Gasteiger partial charge is 0.303 e. The van der Waals surface area contributed by atoms with Gasteiger partial charge in [0.15, 0.2) is 0 Å². The van der Waals surface area contributed by atoms with Gasteiger partial charge in [0.2, 0.25) is 0 Å². The summed E-state index contributed by atoms with van der Waals surface area (Å²) in [6.07, 6.45) is 0. The van der Waals surface area contributed by atoms with Crippen LogP contribution in [0.1, 0.15) is 22.6 Å². The largest absolute Gasteiger partial charge is 0.466 e. The van der Waals surface area contributed by atoms with Crippen LogP contribution in [0.3, 0.4) is 0 Å². The molecule has 0 amide bonds. The fourth-order valence-corrected chi connectivity index (χ4v) is 2.51. The molecular weight excluding hydrogens is 323 g/mol. The van der Waals surface area contributed by atoms with E-state index in [0.29, 0.717) is 5.92 Å². The fraction of sp³-hybridized carbons (Fsp3) is 0.0526. The lowest BCUT2D eigenvalue weighted by atomic mass is 9.85. The highest BCUT2D eigenvalue weighted by Gasteiger charge is 2.15. The monoisotopic (exact) mass is 342 g/mol. The van der Waals surface area contributed by atoms with Gasteiger partial charge in [-0.05, 0) is 16.7 Å². The van der Waals surface area contributed by atoms with Crippen LogP contribution in [0, 0.1) is 0 Å². The lowest BCUT2D eigenvalue weighted by Gasteiger charge is -2.18. The summed E-state index contributed by atoms with van der Waals surface area (Å²) in [5.74, 6) is 0.309. The zero-order valence-corrected chi connectivity index (χ0v) is 13.8. The minimum atomic E-state index is -4.64. The van der Waals surface area contributed by atoms with Gasteiger partial charge in [-0.3, -0.25) is 0 Å². The van der Waals surface area contributed by atoms with Crippen molar-refractivity contribution in [3.8, 4) is 0 Å². The number of hydrogen-bond acceptors (Lipinski definition) is 1. The summed E-state index contributed by atoms with van der Waals surface area (Å²) >= 11 is 0. The molecule has 0 saturated heterocycles. The molecular formula is C19H19O4P. The molecule has 3 aromatic carbocycles. The Hall–Kier alpha value is -2.23. The highest BCUT2D eigenvalue weighted by molar-refractivity contribution is 7.45. The Kier molecular flexibility index (Phi) is 6.47. The molecule has 0 spiro atoms. The SMILES string of the molecule is O=P(O)(O)O.c1ccc(C(c2ccccc2)c2ccccc2)cc1. The Morgan fingerprint density at radius 2 is 0.750 bits per heavy atom. The number of benzene rings is 3. The number of hydrogen-bond donors (Lipinski definition) is 3. The van der Waals surface area contributed by atoms with Crippen LogP contribution in [-0.4, -0.2) is 14.7 Å². The maximum atomic E-state index is 8.88. The van der Waals surface area contributed by atoms with Gasteiger partial charge in [0.25, 0.3) is 0 Å². The van der Waals surface area contributed by atoms with Crippen molar-refractivity contribution in [2.45, 2.75) is 5.92 Å². The molecule has 4 nitrogen and oxygen atoms in total. The highest BCUT2D eigenvalue weighted by Crippen LogP contribution is 2.31. The van der Waals surface area contributed by atoms with E-state index in [-0.39, 0.29) is 0 Å². The van der Waals surface area contributed by atoms with Gasteiger partial charge < -0.3 is 14.7 Å². The second-order valence-electron chi connectivity index (χ2n) is 5.18. The summed E-state index contributed by atoms with van der Waals surface area (Å²) in [7, 11) is -4.64. The van der Waals surface area contributed by atoms with Gasteiger partial charge >= 0.3 is 7.82 Å². The van der Waals surface area contributed by atoms with Gasteiger partial charge in [-0.1, -0.05) is 91.0 Å². The van der Waals surface area contributed by atoms with E-state index in [1.165, 1.54) is 16.7 Å². The molecule has 0 radical (unpaired) electrons. The molecule has 3 rings (SSSR count). The van der Waals surface area contributed by atoms with E-state index in [2.05, 4.69) is 91.0 Å². The summed E-state index contributed by atoms with van der Waals surface area (Å²) in [5, 5.41) is 0. The third-order valence-corrected chi connectivity index (χ3v) is 3.40. The minimum absolute atomic E-state index is 0.309. The van der Waals surface area contributed by atoms with E-state index < -0.39 is 7.82 Å². The molecule has 0 heterocycles. The lowest BCUT2D eigenvalue weighted by Crippen LogP contribution is -2.02. The van der Waals surface area contributed by atoms with Crippen LogP contribution in [0.5, 0.6) is 0 Å². The molecule has 0 saturated carbocycles. The van der Waals surface area contributed by atoms with E-state index in [4.69, 9.17) is 19.2 Å². The molecule has 3 N–H and O–H groups in total. The van der Waals surface area contributed by atoms with Crippen LogP contribution in [-0.2, 0) is 4.57 Å². The molecule has 0 unspecified atom stereocenters. The Balaban J connectivity index is 0.000000368. The van der Waals surface area contributed by atoms with E-state index >= 15 is 0 Å². The molecule has 0 aliphatic heterocycles. The summed E-state index contributed by atoms with van der Waals surface area (Å²) in [6.45, 7) is 0. The predicted molar refractivity (Wildman–Crippen MR) is 94.5 cm³/mol. The molecule has 0 bridgehead atoms. The predicted octanol–water partition coefficient (Wildman–Crippen LogP) is 3.94.